The minimum atomic E-state index is -0.914. The summed E-state index contributed by atoms with van der Waals surface area (Å²) in [6.07, 6.45) is 37.2. The van der Waals surface area contributed by atoms with Crippen molar-refractivity contribution in [3.63, 3.8) is 0 Å². The third kappa shape index (κ3) is 52.3. The molecule has 0 atom stereocenters. The Hall–Kier alpha value is 0.431. The summed E-state index contributed by atoms with van der Waals surface area (Å²) in [6, 6.07) is 0. The number of hydrogen-bond acceptors (Lipinski definition) is 6. The maximum Gasteiger partial charge on any atom is 2.00 e. The fraction of sp³-hybridized carbons (Fsp3) is 0.944. The topological polar surface area (TPSA) is 121 Å². The van der Waals surface area contributed by atoms with Gasteiger partial charge in [0, 0.05) is 25.2 Å². The Labute approximate surface area is 307 Å². The third-order valence-electron chi connectivity index (χ3n) is 8.08. The Morgan fingerprint density at radius 3 is 0.581 bits per heavy atom. The summed E-state index contributed by atoms with van der Waals surface area (Å²) in [5.74, 6) is -1.83. The summed E-state index contributed by atoms with van der Waals surface area (Å²) in [5, 5.41) is 37.8. The van der Waals surface area contributed by atoms with Crippen molar-refractivity contribution in [2.75, 3.05) is 13.2 Å². The van der Waals surface area contributed by atoms with Gasteiger partial charge in [0.2, 0.25) is 0 Å². The average molecular weight is 736 g/mol. The minimum absolute atomic E-state index is 0. The first-order valence-electron chi connectivity index (χ1n) is 18.2. The number of unbranched alkanes of at least 4 members (excludes halogenated alkanes) is 28. The van der Waals surface area contributed by atoms with E-state index < -0.39 is 11.9 Å². The molecule has 252 valence electrons. The average Bonchev–Trinajstić information content (AvgIpc) is 2.97. The van der Waals surface area contributed by atoms with Crippen molar-refractivity contribution in [1.29, 1.82) is 0 Å². The van der Waals surface area contributed by atoms with E-state index in [1.807, 2.05) is 0 Å². The van der Waals surface area contributed by atoms with Gasteiger partial charge in [-0.05, 0) is 38.5 Å². The summed E-state index contributed by atoms with van der Waals surface area (Å²) in [7, 11) is 0. The molecule has 0 aliphatic heterocycles. The molecule has 2 N–H and O–H groups in total. The Morgan fingerprint density at radius 1 is 0.302 bits per heavy atom. The SMILES string of the molecule is O=C([O-])CCCCCCCCCCCCCCCCCO.O=C([O-])CCCCCCCCCCCCCCCCCO.[Ba+2]. The Kier molecular flexibility index (Phi) is 49.6. The molecule has 0 radical (unpaired) electrons. The first-order chi connectivity index (χ1) is 20.5. The van der Waals surface area contributed by atoms with Crippen LogP contribution in [0.15, 0.2) is 0 Å². The molecule has 0 aromatic heterocycles. The van der Waals surface area contributed by atoms with Gasteiger partial charge in [0.05, 0.1) is 0 Å². The van der Waals surface area contributed by atoms with Crippen molar-refractivity contribution < 1.29 is 30.0 Å². The summed E-state index contributed by atoms with van der Waals surface area (Å²) >= 11 is 0. The van der Waals surface area contributed by atoms with Gasteiger partial charge in [-0.1, -0.05) is 167 Å². The van der Waals surface area contributed by atoms with E-state index in [4.69, 9.17) is 10.2 Å². The molecule has 0 aromatic rings. The molecule has 0 amide bonds. The molecule has 6 nitrogen and oxygen atoms in total. The Balaban J connectivity index is -0.000000727. The number of carbonyl (C=O) groups is 2. The molecule has 0 bridgehead atoms. The number of carbonyl (C=O) groups excluding carboxylic acids is 2. The van der Waals surface area contributed by atoms with E-state index in [1.54, 1.807) is 0 Å². The van der Waals surface area contributed by atoms with E-state index in [2.05, 4.69) is 0 Å². The zero-order valence-corrected chi connectivity index (χ0v) is 32.7. The molecular formula is C36H70BaO6. The van der Waals surface area contributed by atoms with E-state index in [-0.39, 0.29) is 61.7 Å². The van der Waals surface area contributed by atoms with Crippen LogP contribution in [-0.4, -0.2) is 84.2 Å². The van der Waals surface area contributed by atoms with Gasteiger partial charge >= 0.3 is 48.9 Å². The van der Waals surface area contributed by atoms with Crippen LogP contribution in [0, 0.1) is 0 Å². The van der Waals surface area contributed by atoms with Gasteiger partial charge in [-0.3, -0.25) is 0 Å². The van der Waals surface area contributed by atoms with E-state index in [0.717, 1.165) is 38.5 Å². The molecule has 0 saturated heterocycles. The summed E-state index contributed by atoms with van der Waals surface area (Å²) < 4.78 is 0. The second-order valence-electron chi connectivity index (χ2n) is 12.3. The minimum Gasteiger partial charge on any atom is -0.550 e. The van der Waals surface area contributed by atoms with Crippen LogP contribution in [0.4, 0.5) is 0 Å². The van der Waals surface area contributed by atoms with Crippen LogP contribution < -0.4 is 10.2 Å². The van der Waals surface area contributed by atoms with Crippen molar-refractivity contribution in [2.45, 2.75) is 205 Å². The molecule has 7 heteroatoms. The zero-order valence-electron chi connectivity index (χ0n) is 28.3. The number of carboxylic acids is 2. The second kappa shape index (κ2) is 44.6. The van der Waals surface area contributed by atoms with Crippen molar-refractivity contribution in [3.8, 4) is 0 Å². The number of hydrogen-bond donors (Lipinski definition) is 2. The Morgan fingerprint density at radius 2 is 0.442 bits per heavy atom. The number of aliphatic hydroxyl groups is 2. The molecule has 0 aliphatic carbocycles. The molecule has 0 fully saturated rings. The van der Waals surface area contributed by atoms with Crippen LogP contribution >= 0.6 is 0 Å². The third-order valence-corrected chi connectivity index (χ3v) is 8.08. The molecule has 0 heterocycles. The molecule has 0 unspecified atom stereocenters. The monoisotopic (exact) mass is 736 g/mol. The Bertz CT molecular complexity index is 486. The van der Waals surface area contributed by atoms with Gasteiger partial charge < -0.3 is 30.0 Å². The van der Waals surface area contributed by atoms with Gasteiger partial charge in [-0.2, -0.15) is 0 Å². The maximum atomic E-state index is 10.2. The summed E-state index contributed by atoms with van der Waals surface area (Å²) in [5.41, 5.74) is 0. The van der Waals surface area contributed by atoms with Crippen LogP contribution in [0.3, 0.4) is 0 Å². The largest absolute Gasteiger partial charge is 2.00 e. The van der Waals surface area contributed by atoms with Crippen LogP contribution in [0.25, 0.3) is 0 Å². The van der Waals surface area contributed by atoms with E-state index in [0.29, 0.717) is 13.2 Å². The van der Waals surface area contributed by atoms with Crippen LogP contribution in [-0.2, 0) is 9.59 Å². The van der Waals surface area contributed by atoms with Gasteiger partial charge in [-0.25, -0.2) is 0 Å². The number of aliphatic carboxylic acids is 2. The van der Waals surface area contributed by atoms with Crippen molar-refractivity contribution >= 4 is 60.8 Å². The van der Waals surface area contributed by atoms with Gasteiger partial charge in [-0.15, -0.1) is 0 Å². The summed E-state index contributed by atoms with van der Waals surface area (Å²) in [4.78, 5) is 20.5. The van der Waals surface area contributed by atoms with Gasteiger partial charge in [0.1, 0.15) is 0 Å². The fourth-order valence-electron chi connectivity index (χ4n) is 5.36. The molecule has 0 rings (SSSR count). The number of aliphatic hydroxyl groups excluding tert-OH is 2. The molecular weight excluding hydrogens is 666 g/mol. The maximum absolute atomic E-state index is 10.2. The zero-order chi connectivity index (χ0) is 31.2. The van der Waals surface area contributed by atoms with Crippen molar-refractivity contribution in [3.05, 3.63) is 0 Å². The van der Waals surface area contributed by atoms with E-state index >= 15 is 0 Å². The van der Waals surface area contributed by atoms with Crippen LogP contribution in [0.5, 0.6) is 0 Å². The van der Waals surface area contributed by atoms with Gasteiger partial charge in [0.15, 0.2) is 0 Å². The summed E-state index contributed by atoms with van der Waals surface area (Å²) in [6.45, 7) is 0.688. The van der Waals surface area contributed by atoms with E-state index in [1.165, 1.54) is 154 Å². The molecule has 0 aromatic carbocycles. The standard InChI is InChI=1S/2C18H36O3.Ba/c2*19-17-15-13-11-9-7-5-3-1-2-4-6-8-10-12-14-16-18(20)21;/h2*19H,1-17H2,(H,20,21);/q;;+2/p-2. The first-order valence-corrected chi connectivity index (χ1v) is 18.2. The smallest absolute Gasteiger partial charge is 0.550 e. The fourth-order valence-corrected chi connectivity index (χ4v) is 5.36. The molecule has 0 aliphatic rings. The van der Waals surface area contributed by atoms with Gasteiger partial charge in [0.25, 0.3) is 0 Å². The number of carboxylic acid groups (broad SMARTS) is 2. The predicted molar refractivity (Wildman–Crippen MR) is 178 cm³/mol. The predicted octanol–water partition coefficient (Wildman–Crippen LogP) is 7.56. The second-order valence-corrected chi connectivity index (χ2v) is 12.3. The van der Waals surface area contributed by atoms with E-state index in [9.17, 15) is 19.8 Å². The van der Waals surface area contributed by atoms with Crippen LogP contribution in [0.1, 0.15) is 205 Å². The quantitative estimate of drug-likeness (QED) is 0.0520. The molecule has 0 spiro atoms. The van der Waals surface area contributed by atoms with Crippen molar-refractivity contribution in [2.24, 2.45) is 0 Å². The first kappa shape index (κ1) is 47.8. The molecule has 0 saturated carbocycles. The van der Waals surface area contributed by atoms with Crippen molar-refractivity contribution in [1.82, 2.24) is 0 Å². The van der Waals surface area contributed by atoms with Crippen LogP contribution in [0.2, 0.25) is 0 Å². The number of rotatable bonds is 34. The normalized spacial score (nSPS) is 10.7. The molecule has 43 heavy (non-hydrogen) atoms.